The molecule has 0 bridgehead atoms. The van der Waals surface area contributed by atoms with Gasteiger partial charge in [-0.25, -0.2) is 17.7 Å². The second-order valence-electron chi connectivity index (χ2n) is 4.13. The largest absolute Gasteiger partial charge is 0.345 e. The van der Waals surface area contributed by atoms with E-state index >= 15 is 0 Å². The number of aromatic nitrogens is 2. The average molecular weight is 276 g/mol. The lowest BCUT2D eigenvalue weighted by Crippen LogP contribution is -2.34. The van der Waals surface area contributed by atoms with Crippen molar-refractivity contribution in [3.05, 3.63) is 5.82 Å². The zero-order valence-corrected chi connectivity index (χ0v) is 11.6. The number of sulfonamides is 1. The predicted octanol–water partition coefficient (Wildman–Crippen LogP) is 0.318. The van der Waals surface area contributed by atoms with Crippen LogP contribution in [0.3, 0.4) is 0 Å². The van der Waals surface area contributed by atoms with Gasteiger partial charge in [0, 0.05) is 37.7 Å². The average Bonchev–Trinajstić information content (AvgIpc) is 2.53. The highest BCUT2D eigenvalue weighted by Crippen LogP contribution is 2.19. The Hall–Kier alpha value is -0.730. The smallest absolute Gasteiger partial charge is 0.211 e. The zero-order valence-electron chi connectivity index (χ0n) is 9.96. The van der Waals surface area contributed by atoms with E-state index in [-0.39, 0.29) is 0 Å². The molecule has 0 N–H and O–H groups in total. The Kier molecular flexibility index (Phi) is 3.64. The van der Waals surface area contributed by atoms with Crippen molar-refractivity contribution < 1.29 is 8.42 Å². The number of nitrogens with zero attached hydrogens (tertiary/aromatic N) is 4. The normalized spacial score (nSPS) is 19.3. The van der Waals surface area contributed by atoms with E-state index < -0.39 is 10.0 Å². The monoisotopic (exact) mass is 276 g/mol. The van der Waals surface area contributed by atoms with E-state index in [1.54, 1.807) is 0 Å². The molecule has 0 radical (unpaired) electrons. The third-order valence-electron chi connectivity index (χ3n) is 2.71. The lowest BCUT2D eigenvalue weighted by Gasteiger charge is -2.19. The molecular weight excluding hydrogens is 260 g/mol. The lowest BCUT2D eigenvalue weighted by molar-refractivity contribution is 0.437. The molecule has 1 aromatic heterocycles. The molecule has 1 fully saturated rings. The molecule has 96 valence electrons. The lowest BCUT2D eigenvalue weighted by atomic mass is 10.4. The third kappa shape index (κ3) is 3.14. The van der Waals surface area contributed by atoms with Crippen molar-refractivity contribution in [2.45, 2.75) is 13.3 Å². The Morgan fingerprint density at radius 1 is 1.24 bits per heavy atom. The van der Waals surface area contributed by atoms with Crippen LogP contribution in [0, 0.1) is 6.92 Å². The molecule has 0 atom stereocenters. The molecule has 1 aromatic rings. The predicted molar refractivity (Wildman–Crippen MR) is 67.9 cm³/mol. The van der Waals surface area contributed by atoms with Gasteiger partial charge in [0.2, 0.25) is 15.2 Å². The summed E-state index contributed by atoms with van der Waals surface area (Å²) in [5, 5.41) is 0.887. The van der Waals surface area contributed by atoms with Crippen molar-refractivity contribution >= 4 is 26.7 Å². The van der Waals surface area contributed by atoms with Gasteiger partial charge in [0.15, 0.2) is 0 Å². The van der Waals surface area contributed by atoms with Crippen LogP contribution < -0.4 is 4.90 Å². The van der Waals surface area contributed by atoms with E-state index in [1.165, 1.54) is 22.1 Å². The molecule has 0 amide bonds. The molecule has 2 heterocycles. The first-order valence-electron chi connectivity index (χ1n) is 5.47. The molecule has 6 nitrogen and oxygen atoms in total. The molecule has 0 aromatic carbocycles. The van der Waals surface area contributed by atoms with Gasteiger partial charge < -0.3 is 4.90 Å². The van der Waals surface area contributed by atoms with Crippen LogP contribution in [0.1, 0.15) is 12.2 Å². The van der Waals surface area contributed by atoms with Crippen LogP contribution in [0.15, 0.2) is 0 Å². The SMILES string of the molecule is Cc1nsc(N2CCCN(S(C)(=O)=O)CC2)n1. The fourth-order valence-corrected chi connectivity index (χ4v) is 3.43. The van der Waals surface area contributed by atoms with E-state index in [0.717, 1.165) is 23.9 Å². The second-order valence-corrected chi connectivity index (χ2v) is 6.84. The van der Waals surface area contributed by atoms with E-state index in [0.29, 0.717) is 19.6 Å². The number of hydrogen-bond acceptors (Lipinski definition) is 6. The maximum absolute atomic E-state index is 11.5. The Bertz CT molecular complexity index is 485. The molecule has 0 unspecified atom stereocenters. The summed E-state index contributed by atoms with van der Waals surface area (Å²) >= 11 is 1.37. The van der Waals surface area contributed by atoms with Crippen LogP contribution in [-0.2, 0) is 10.0 Å². The summed E-state index contributed by atoms with van der Waals surface area (Å²) in [5.74, 6) is 0.772. The van der Waals surface area contributed by atoms with Crippen LogP contribution in [-0.4, -0.2) is 54.5 Å². The van der Waals surface area contributed by atoms with Gasteiger partial charge in [0.05, 0.1) is 6.26 Å². The van der Waals surface area contributed by atoms with Gasteiger partial charge in [-0.3, -0.25) is 0 Å². The highest BCUT2D eigenvalue weighted by molar-refractivity contribution is 7.88. The van der Waals surface area contributed by atoms with Gasteiger partial charge in [-0.1, -0.05) is 0 Å². The van der Waals surface area contributed by atoms with E-state index in [9.17, 15) is 8.42 Å². The second kappa shape index (κ2) is 4.87. The molecule has 17 heavy (non-hydrogen) atoms. The number of hydrogen-bond donors (Lipinski definition) is 0. The van der Waals surface area contributed by atoms with Crippen LogP contribution in [0.5, 0.6) is 0 Å². The minimum Gasteiger partial charge on any atom is -0.345 e. The molecule has 1 aliphatic rings. The summed E-state index contributed by atoms with van der Waals surface area (Å²) in [6, 6.07) is 0. The molecule has 0 spiro atoms. The minimum absolute atomic E-state index is 0.525. The standard InChI is InChI=1S/C9H16N4O2S2/c1-8-10-9(16-11-8)12-4-3-5-13(7-6-12)17(2,14)15/h3-7H2,1-2H3. The Morgan fingerprint density at radius 2 is 2.00 bits per heavy atom. The van der Waals surface area contributed by atoms with E-state index in [4.69, 9.17) is 0 Å². The van der Waals surface area contributed by atoms with Crippen molar-refractivity contribution in [1.29, 1.82) is 0 Å². The summed E-state index contributed by atoms with van der Waals surface area (Å²) in [6.45, 7) is 4.49. The van der Waals surface area contributed by atoms with Crippen molar-refractivity contribution in [2.75, 3.05) is 37.3 Å². The summed E-state index contributed by atoms with van der Waals surface area (Å²) < 4.78 is 28.6. The highest BCUT2D eigenvalue weighted by Gasteiger charge is 2.22. The van der Waals surface area contributed by atoms with Crippen molar-refractivity contribution in [2.24, 2.45) is 0 Å². The van der Waals surface area contributed by atoms with E-state index in [2.05, 4.69) is 14.3 Å². The molecule has 1 saturated heterocycles. The zero-order chi connectivity index (χ0) is 12.5. The minimum atomic E-state index is -3.08. The topological polar surface area (TPSA) is 66.4 Å². The van der Waals surface area contributed by atoms with E-state index in [1.807, 2.05) is 6.92 Å². The van der Waals surface area contributed by atoms with Crippen LogP contribution in [0.25, 0.3) is 0 Å². The van der Waals surface area contributed by atoms with Gasteiger partial charge in [-0.15, -0.1) is 0 Å². The third-order valence-corrected chi connectivity index (χ3v) is 4.88. The van der Waals surface area contributed by atoms with Crippen LogP contribution >= 0.6 is 11.5 Å². The number of rotatable bonds is 2. The van der Waals surface area contributed by atoms with Gasteiger partial charge in [0.1, 0.15) is 5.82 Å². The highest BCUT2D eigenvalue weighted by atomic mass is 32.2. The fraction of sp³-hybridized carbons (Fsp3) is 0.778. The van der Waals surface area contributed by atoms with Crippen molar-refractivity contribution in [3.63, 3.8) is 0 Å². The Labute approximate surface area is 105 Å². The first-order chi connectivity index (χ1) is 7.97. The molecular formula is C9H16N4O2S2. The Morgan fingerprint density at radius 3 is 2.59 bits per heavy atom. The maximum Gasteiger partial charge on any atom is 0.211 e. The van der Waals surface area contributed by atoms with Gasteiger partial charge in [0.25, 0.3) is 0 Å². The van der Waals surface area contributed by atoms with Gasteiger partial charge in [-0.05, 0) is 13.3 Å². The first-order valence-corrected chi connectivity index (χ1v) is 8.09. The quantitative estimate of drug-likeness (QED) is 0.778. The summed E-state index contributed by atoms with van der Waals surface area (Å²) in [4.78, 5) is 6.44. The summed E-state index contributed by atoms with van der Waals surface area (Å²) in [7, 11) is -3.08. The van der Waals surface area contributed by atoms with Gasteiger partial charge in [-0.2, -0.15) is 4.37 Å². The first kappa shape index (κ1) is 12.7. The molecule has 0 aliphatic carbocycles. The maximum atomic E-state index is 11.5. The van der Waals surface area contributed by atoms with Gasteiger partial charge >= 0.3 is 0 Å². The summed E-state index contributed by atoms with van der Waals surface area (Å²) in [5.41, 5.74) is 0. The molecule has 2 rings (SSSR count). The van der Waals surface area contributed by atoms with Crippen LogP contribution in [0.4, 0.5) is 5.13 Å². The Balaban J connectivity index is 2.06. The van der Waals surface area contributed by atoms with Crippen molar-refractivity contribution in [1.82, 2.24) is 13.7 Å². The molecule has 8 heteroatoms. The number of aryl methyl sites for hydroxylation is 1. The number of anilines is 1. The van der Waals surface area contributed by atoms with Crippen molar-refractivity contribution in [3.8, 4) is 0 Å². The summed E-state index contributed by atoms with van der Waals surface area (Å²) in [6.07, 6.45) is 2.09. The fourth-order valence-electron chi connectivity index (χ4n) is 1.83. The molecule has 0 saturated carbocycles. The molecule has 1 aliphatic heterocycles. The van der Waals surface area contributed by atoms with Crippen LogP contribution in [0.2, 0.25) is 0 Å².